The van der Waals surface area contributed by atoms with Gasteiger partial charge in [0.25, 0.3) is 0 Å². The summed E-state index contributed by atoms with van der Waals surface area (Å²) in [5.41, 5.74) is 1.08. The Kier molecular flexibility index (Phi) is 4.24. The first-order valence-electron chi connectivity index (χ1n) is 6.74. The van der Waals surface area contributed by atoms with E-state index in [9.17, 15) is 9.90 Å². The molecule has 1 saturated heterocycles. The van der Waals surface area contributed by atoms with E-state index in [1.165, 1.54) is 0 Å². The second-order valence-corrected chi connectivity index (χ2v) is 5.07. The molecule has 0 spiro atoms. The van der Waals surface area contributed by atoms with Crippen LogP contribution in [0.5, 0.6) is 5.75 Å². The van der Waals surface area contributed by atoms with Crippen LogP contribution in [0.1, 0.15) is 31.7 Å². The van der Waals surface area contributed by atoms with E-state index in [0.29, 0.717) is 18.1 Å². The number of aromatic hydroxyl groups is 1. The van der Waals surface area contributed by atoms with Crippen LogP contribution in [0.15, 0.2) is 24.3 Å². The highest BCUT2D eigenvalue weighted by atomic mass is 16.3. The Morgan fingerprint density at radius 2 is 2.28 bits per heavy atom. The molecule has 1 aromatic carbocycles. The molecular formula is C15H21NO2. The van der Waals surface area contributed by atoms with Crippen LogP contribution in [0.3, 0.4) is 0 Å². The van der Waals surface area contributed by atoms with Crippen molar-refractivity contribution in [2.75, 3.05) is 13.1 Å². The molecule has 1 unspecified atom stereocenters. The molecule has 1 fully saturated rings. The van der Waals surface area contributed by atoms with Gasteiger partial charge in [-0.3, -0.25) is 4.79 Å². The number of rotatable bonds is 4. The van der Waals surface area contributed by atoms with Gasteiger partial charge in [0.1, 0.15) is 5.75 Å². The quantitative estimate of drug-likeness (QED) is 0.888. The molecule has 3 heteroatoms. The maximum Gasteiger partial charge on any atom is 0.222 e. The Morgan fingerprint density at radius 3 is 3.00 bits per heavy atom. The second kappa shape index (κ2) is 5.89. The Balaban J connectivity index is 1.90. The van der Waals surface area contributed by atoms with Crippen LogP contribution >= 0.6 is 0 Å². The predicted octanol–water partition coefficient (Wildman–Crippen LogP) is 2.58. The van der Waals surface area contributed by atoms with Crippen molar-refractivity contribution in [3.63, 3.8) is 0 Å². The summed E-state index contributed by atoms with van der Waals surface area (Å²) >= 11 is 0. The van der Waals surface area contributed by atoms with Gasteiger partial charge in [0.2, 0.25) is 5.91 Å². The molecule has 0 aromatic heterocycles. The van der Waals surface area contributed by atoms with Gasteiger partial charge in [-0.15, -0.1) is 0 Å². The maximum absolute atomic E-state index is 11.8. The minimum Gasteiger partial charge on any atom is -0.508 e. The molecule has 0 radical (unpaired) electrons. The molecule has 1 aliphatic rings. The van der Waals surface area contributed by atoms with Crippen LogP contribution in [0, 0.1) is 5.92 Å². The number of carbonyl (C=O) groups is 1. The third kappa shape index (κ3) is 3.25. The van der Waals surface area contributed by atoms with Gasteiger partial charge in [-0.2, -0.15) is 0 Å². The highest BCUT2D eigenvalue weighted by Gasteiger charge is 2.23. The summed E-state index contributed by atoms with van der Waals surface area (Å²) in [5.74, 6) is 1.23. The van der Waals surface area contributed by atoms with Gasteiger partial charge in [-0.25, -0.2) is 0 Å². The van der Waals surface area contributed by atoms with Crippen LogP contribution in [0.4, 0.5) is 0 Å². The average molecular weight is 247 g/mol. The number of nitrogens with zero attached hydrogens (tertiary/aromatic N) is 1. The molecule has 1 heterocycles. The lowest BCUT2D eigenvalue weighted by Crippen LogP contribution is -2.40. The number of carbonyl (C=O) groups excluding carboxylic acids is 1. The van der Waals surface area contributed by atoms with E-state index in [0.717, 1.165) is 37.9 Å². The second-order valence-electron chi connectivity index (χ2n) is 5.07. The molecule has 0 saturated carbocycles. The monoisotopic (exact) mass is 247 g/mol. The van der Waals surface area contributed by atoms with E-state index in [1.54, 1.807) is 12.1 Å². The van der Waals surface area contributed by atoms with Gasteiger partial charge in [0.15, 0.2) is 0 Å². The molecule has 1 aliphatic heterocycles. The highest BCUT2D eigenvalue weighted by molar-refractivity contribution is 5.76. The highest BCUT2D eigenvalue weighted by Crippen LogP contribution is 2.20. The van der Waals surface area contributed by atoms with E-state index in [1.807, 2.05) is 17.0 Å². The van der Waals surface area contributed by atoms with Crippen molar-refractivity contribution < 1.29 is 9.90 Å². The first-order chi connectivity index (χ1) is 8.69. The van der Waals surface area contributed by atoms with Crippen molar-refractivity contribution in [2.45, 2.75) is 32.6 Å². The van der Waals surface area contributed by atoms with E-state index < -0.39 is 0 Å². The summed E-state index contributed by atoms with van der Waals surface area (Å²) in [5, 5.41) is 9.40. The molecule has 2 rings (SSSR count). The average Bonchev–Trinajstić information content (AvgIpc) is 2.38. The number of hydrogen-bond donors (Lipinski definition) is 1. The lowest BCUT2D eigenvalue weighted by molar-refractivity contribution is -0.134. The van der Waals surface area contributed by atoms with Gasteiger partial charge in [0, 0.05) is 19.5 Å². The van der Waals surface area contributed by atoms with E-state index in [-0.39, 0.29) is 5.91 Å². The van der Waals surface area contributed by atoms with E-state index in [4.69, 9.17) is 0 Å². The van der Waals surface area contributed by atoms with Gasteiger partial charge >= 0.3 is 0 Å². The molecule has 1 atom stereocenters. The van der Waals surface area contributed by atoms with Gasteiger partial charge in [-0.05, 0) is 36.5 Å². The maximum atomic E-state index is 11.8. The van der Waals surface area contributed by atoms with Crippen LogP contribution in [-0.4, -0.2) is 29.0 Å². The third-order valence-electron chi connectivity index (χ3n) is 3.76. The zero-order valence-electron chi connectivity index (χ0n) is 10.9. The summed E-state index contributed by atoms with van der Waals surface area (Å²) in [4.78, 5) is 13.8. The summed E-state index contributed by atoms with van der Waals surface area (Å²) < 4.78 is 0. The summed E-state index contributed by atoms with van der Waals surface area (Å²) in [6.07, 6.45) is 3.70. The largest absolute Gasteiger partial charge is 0.508 e. The Labute approximate surface area is 108 Å². The predicted molar refractivity (Wildman–Crippen MR) is 71.4 cm³/mol. The number of benzene rings is 1. The number of piperidine rings is 1. The zero-order valence-corrected chi connectivity index (χ0v) is 10.9. The molecule has 3 nitrogen and oxygen atoms in total. The third-order valence-corrected chi connectivity index (χ3v) is 3.76. The van der Waals surface area contributed by atoms with Crippen LogP contribution < -0.4 is 0 Å². The lowest BCUT2D eigenvalue weighted by atomic mass is 9.95. The normalized spacial score (nSPS) is 20.2. The standard InChI is InChI=1S/C15H21NO2/c1-2-12-6-7-15(18)16(11-12)9-8-13-4-3-5-14(17)10-13/h3-5,10,12,17H,2,6-9,11H2,1H3. The van der Waals surface area contributed by atoms with Crippen LogP contribution in [0.25, 0.3) is 0 Å². The Morgan fingerprint density at radius 1 is 1.44 bits per heavy atom. The summed E-state index contributed by atoms with van der Waals surface area (Å²) in [6.45, 7) is 3.85. The smallest absolute Gasteiger partial charge is 0.222 e. The lowest BCUT2D eigenvalue weighted by Gasteiger charge is -2.32. The minimum absolute atomic E-state index is 0.278. The molecule has 98 valence electrons. The van der Waals surface area contributed by atoms with Crippen molar-refractivity contribution in [1.82, 2.24) is 4.90 Å². The number of likely N-dealkylation sites (tertiary alicyclic amines) is 1. The first-order valence-corrected chi connectivity index (χ1v) is 6.74. The van der Waals surface area contributed by atoms with Crippen LogP contribution in [-0.2, 0) is 11.2 Å². The number of phenolic OH excluding ortho intramolecular Hbond substituents is 1. The molecule has 1 aromatic rings. The van der Waals surface area contributed by atoms with E-state index >= 15 is 0 Å². The van der Waals surface area contributed by atoms with Gasteiger partial charge in [0.05, 0.1) is 0 Å². The number of amides is 1. The SMILES string of the molecule is CCC1CCC(=O)N(CCc2cccc(O)c2)C1. The summed E-state index contributed by atoms with van der Waals surface area (Å²) in [7, 11) is 0. The molecule has 0 bridgehead atoms. The molecular weight excluding hydrogens is 226 g/mol. The van der Waals surface area contributed by atoms with Gasteiger partial charge < -0.3 is 10.0 Å². The zero-order chi connectivity index (χ0) is 13.0. The molecule has 18 heavy (non-hydrogen) atoms. The molecule has 0 aliphatic carbocycles. The first kappa shape index (κ1) is 12.9. The number of hydrogen-bond acceptors (Lipinski definition) is 2. The fraction of sp³-hybridized carbons (Fsp3) is 0.533. The fourth-order valence-corrected chi connectivity index (χ4v) is 2.52. The summed E-state index contributed by atoms with van der Waals surface area (Å²) in [6, 6.07) is 7.28. The van der Waals surface area contributed by atoms with Crippen molar-refractivity contribution in [1.29, 1.82) is 0 Å². The molecule has 1 amide bonds. The Hall–Kier alpha value is -1.51. The topological polar surface area (TPSA) is 40.5 Å². The molecule has 1 N–H and O–H groups in total. The van der Waals surface area contributed by atoms with Gasteiger partial charge in [-0.1, -0.05) is 25.5 Å². The van der Waals surface area contributed by atoms with Crippen molar-refractivity contribution in [2.24, 2.45) is 5.92 Å². The van der Waals surface area contributed by atoms with E-state index in [2.05, 4.69) is 6.92 Å². The minimum atomic E-state index is 0.278. The van der Waals surface area contributed by atoms with Crippen molar-refractivity contribution >= 4 is 5.91 Å². The fourth-order valence-electron chi connectivity index (χ4n) is 2.52. The number of phenols is 1. The van der Waals surface area contributed by atoms with Crippen molar-refractivity contribution in [3.8, 4) is 5.75 Å². The Bertz CT molecular complexity index is 417. The van der Waals surface area contributed by atoms with Crippen LogP contribution in [0.2, 0.25) is 0 Å². The van der Waals surface area contributed by atoms with Crippen molar-refractivity contribution in [3.05, 3.63) is 29.8 Å².